The van der Waals surface area contributed by atoms with Crippen LogP contribution in [0, 0.1) is 0 Å². The van der Waals surface area contributed by atoms with E-state index in [2.05, 4.69) is 30.2 Å². The molecule has 0 fully saturated rings. The molecule has 2 rings (SSSR count). The first-order chi connectivity index (χ1) is 8.33. The Morgan fingerprint density at radius 3 is 2.82 bits per heavy atom. The molecule has 1 atom stereocenters. The lowest BCUT2D eigenvalue weighted by molar-refractivity contribution is 0.536. The lowest BCUT2D eigenvalue weighted by atomic mass is 10.0. The number of benzene rings is 1. The molecular weight excluding hydrogens is 210 g/mol. The van der Waals surface area contributed by atoms with E-state index in [1.165, 1.54) is 24.0 Å². The average Bonchev–Trinajstić information content (AvgIpc) is 2.89. The third-order valence-electron chi connectivity index (χ3n) is 2.98. The summed E-state index contributed by atoms with van der Waals surface area (Å²) in [7, 11) is 0. The summed E-state index contributed by atoms with van der Waals surface area (Å²) < 4.78 is 1.80. The molecule has 0 spiro atoms. The van der Waals surface area contributed by atoms with Gasteiger partial charge in [0, 0.05) is 12.4 Å². The summed E-state index contributed by atoms with van der Waals surface area (Å²) in [5, 5.41) is 4.21. The van der Waals surface area contributed by atoms with E-state index in [4.69, 9.17) is 5.73 Å². The SMILES string of the molecule is CCCCc1ccccc1C(N)n1cccn1. The third-order valence-corrected chi connectivity index (χ3v) is 2.98. The lowest BCUT2D eigenvalue weighted by Gasteiger charge is -2.16. The van der Waals surface area contributed by atoms with Crippen molar-refractivity contribution in [2.45, 2.75) is 32.4 Å². The fourth-order valence-electron chi connectivity index (χ4n) is 2.01. The van der Waals surface area contributed by atoms with Gasteiger partial charge in [-0.25, -0.2) is 0 Å². The fourth-order valence-corrected chi connectivity index (χ4v) is 2.01. The van der Waals surface area contributed by atoms with E-state index in [0.717, 1.165) is 6.42 Å². The van der Waals surface area contributed by atoms with Crippen LogP contribution in [-0.4, -0.2) is 9.78 Å². The number of aromatic nitrogens is 2. The molecule has 2 aromatic rings. The van der Waals surface area contributed by atoms with Crippen molar-refractivity contribution in [3.63, 3.8) is 0 Å². The molecular formula is C14H19N3. The Balaban J connectivity index is 2.25. The summed E-state index contributed by atoms with van der Waals surface area (Å²) in [5.74, 6) is 0. The van der Waals surface area contributed by atoms with E-state index in [0.29, 0.717) is 0 Å². The predicted octanol–water partition coefficient (Wildman–Crippen LogP) is 2.73. The second kappa shape index (κ2) is 5.64. The number of nitrogens with two attached hydrogens (primary N) is 1. The van der Waals surface area contributed by atoms with Crippen molar-refractivity contribution >= 4 is 0 Å². The zero-order valence-electron chi connectivity index (χ0n) is 10.2. The Morgan fingerprint density at radius 2 is 2.12 bits per heavy atom. The molecule has 0 saturated heterocycles. The van der Waals surface area contributed by atoms with E-state index < -0.39 is 0 Å². The first-order valence-corrected chi connectivity index (χ1v) is 6.15. The zero-order valence-corrected chi connectivity index (χ0v) is 10.2. The number of nitrogens with zero attached hydrogens (tertiary/aromatic N) is 2. The predicted molar refractivity (Wildman–Crippen MR) is 69.6 cm³/mol. The number of hydrogen-bond donors (Lipinski definition) is 1. The molecule has 0 aliphatic rings. The number of rotatable bonds is 5. The molecule has 90 valence electrons. The fraction of sp³-hybridized carbons (Fsp3) is 0.357. The van der Waals surface area contributed by atoms with Gasteiger partial charge in [0.15, 0.2) is 0 Å². The minimum atomic E-state index is -0.182. The van der Waals surface area contributed by atoms with E-state index in [-0.39, 0.29) is 6.17 Å². The second-order valence-electron chi connectivity index (χ2n) is 4.23. The quantitative estimate of drug-likeness (QED) is 0.856. The maximum absolute atomic E-state index is 6.23. The maximum atomic E-state index is 6.23. The van der Waals surface area contributed by atoms with Crippen molar-refractivity contribution in [3.05, 3.63) is 53.9 Å². The van der Waals surface area contributed by atoms with Crippen molar-refractivity contribution in [3.8, 4) is 0 Å². The summed E-state index contributed by atoms with van der Waals surface area (Å²) >= 11 is 0. The van der Waals surface area contributed by atoms with Gasteiger partial charge in [-0.3, -0.25) is 4.68 Å². The summed E-state index contributed by atoms with van der Waals surface area (Å²) in [6, 6.07) is 10.3. The minimum Gasteiger partial charge on any atom is -0.306 e. The molecule has 0 saturated carbocycles. The molecule has 0 radical (unpaired) electrons. The van der Waals surface area contributed by atoms with Gasteiger partial charge < -0.3 is 5.73 Å². The summed E-state index contributed by atoms with van der Waals surface area (Å²) in [5.41, 5.74) is 8.74. The largest absolute Gasteiger partial charge is 0.306 e. The Labute approximate surface area is 102 Å². The van der Waals surface area contributed by atoms with Gasteiger partial charge in [-0.2, -0.15) is 5.10 Å². The molecule has 1 heterocycles. The van der Waals surface area contributed by atoms with E-state index >= 15 is 0 Å². The Bertz CT molecular complexity index is 448. The molecule has 0 aliphatic carbocycles. The molecule has 1 unspecified atom stereocenters. The van der Waals surface area contributed by atoms with Gasteiger partial charge in [0.05, 0.1) is 0 Å². The third kappa shape index (κ3) is 2.74. The van der Waals surface area contributed by atoms with Crippen LogP contribution in [0.5, 0.6) is 0 Å². The van der Waals surface area contributed by atoms with Crippen molar-refractivity contribution < 1.29 is 0 Å². The van der Waals surface area contributed by atoms with Crippen LogP contribution in [0.1, 0.15) is 37.1 Å². The van der Waals surface area contributed by atoms with Crippen molar-refractivity contribution in [1.29, 1.82) is 0 Å². The van der Waals surface area contributed by atoms with Gasteiger partial charge in [0.25, 0.3) is 0 Å². The van der Waals surface area contributed by atoms with Gasteiger partial charge in [-0.1, -0.05) is 37.6 Å². The summed E-state index contributed by atoms with van der Waals surface area (Å²) in [6.45, 7) is 2.20. The summed E-state index contributed by atoms with van der Waals surface area (Å²) in [6.07, 6.45) is 6.96. The Morgan fingerprint density at radius 1 is 1.29 bits per heavy atom. The van der Waals surface area contributed by atoms with Crippen LogP contribution in [0.15, 0.2) is 42.7 Å². The van der Waals surface area contributed by atoms with Gasteiger partial charge in [0.2, 0.25) is 0 Å². The molecule has 3 nitrogen and oxygen atoms in total. The smallest absolute Gasteiger partial charge is 0.125 e. The van der Waals surface area contributed by atoms with E-state index in [1.807, 2.05) is 18.3 Å². The Hall–Kier alpha value is -1.61. The van der Waals surface area contributed by atoms with Crippen LogP contribution in [0.25, 0.3) is 0 Å². The molecule has 0 bridgehead atoms. The molecule has 17 heavy (non-hydrogen) atoms. The highest BCUT2D eigenvalue weighted by atomic mass is 15.3. The number of unbranched alkanes of at least 4 members (excludes halogenated alkanes) is 1. The molecule has 0 amide bonds. The number of hydrogen-bond acceptors (Lipinski definition) is 2. The molecule has 3 heteroatoms. The van der Waals surface area contributed by atoms with Crippen molar-refractivity contribution in [2.75, 3.05) is 0 Å². The maximum Gasteiger partial charge on any atom is 0.125 e. The van der Waals surface area contributed by atoms with Crippen LogP contribution < -0.4 is 5.73 Å². The van der Waals surface area contributed by atoms with Gasteiger partial charge in [-0.15, -0.1) is 0 Å². The topological polar surface area (TPSA) is 43.8 Å². The van der Waals surface area contributed by atoms with Crippen LogP contribution in [0.3, 0.4) is 0 Å². The molecule has 0 aliphatic heterocycles. The first-order valence-electron chi connectivity index (χ1n) is 6.15. The van der Waals surface area contributed by atoms with E-state index in [1.54, 1.807) is 10.9 Å². The van der Waals surface area contributed by atoms with E-state index in [9.17, 15) is 0 Å². The highest BCUT2D eigenvalue weighted by molar-refractivity contribution is 5.30. The first kappa shape index (κ1) is 11.9. The van der Waals surface area contributed by atoms with Crippen molar-refractivity contribution in [2.24, 2.45) is 5.73 Å². The lowest BCUT2D eigenvalue weighted by Crippen LogP contribution is -2.21. The van der Waals surface area contributed by atoms with Crippen LogP contribution in [0.2, 0.25) is 0 Å². The zero-order chi connectivity index (χ0) is 12.1. The molecule has 2 N–H and O–H groups in total. The molecule has 1 aromatic heterocycles. The molecule has 1 aromatic carbocycles. The number of aryl methyl sites for hydroxylation is 1. The Kier molecular flexibility index (Phi) is 3.94. The monoisotopic (exact) mass is 229 g/mol. The highest BCUT2D eigenvalue weighted by Crippen LogP contribution is 2.19. The van der Waals surface area contributed by atoms with Crippen LogP contribution >= 0.6 is 0 Å². The van der Waals surface area contributed by atoms with Crippen LogP contribution in [0.4, 0.5) is 0 Å². The van der Waals surface area contributed by atoms with Crippen molar-refractivity contribution in [1.82, 2.24) is 9.78 Å². The normalized spacial score (nSPS) is 12.6. The highest BCUT2D eigenvalue weighted by Gasteiger charge is 2.11. The van der Waals surface area contributed by atoms with Gasteiger partial charge in [-0.05, 0) is 30.0 Å². The minimum absolute atomic E-state index is 0.182. The average molecular weight is 229 g/mol. The van der Waals surface area contributed by atoms with Gasteiger partial charge >= 0.3 is 0 Å². The summed E-state index contributed by atoms with van der Waals surface area (Å²) in [4.78, 5) is 0. The van der Waals surface area contributed by atoms with Crippen LogP contribution in [-0.2, 0) is 6.42 Å². The second-order valence-corrected chi connectivity index (χ2v) is 4.23. The standard InChI is InChI=1S/C14H19N3/c1-2-3-7-12-8-4-5-9-13(12)14(15)17-11-6-10-16-17/h4-6,8-11,14H,2-3,7,15H2,1H3. The van der Waals surface area contributed by atoms with Gasteiger partial charge in [0.1, 0.15) is 6.17 Å².